The van der Waals surface area contributed by atoms with E-state index in [0.717, 1.165) is 0 Å². The van der Waals surface area contributed by atoms with Crippen molar-refractivity contribution in [3.63, 3.8) is 0 Å². The molecule has 0 aromatic heterocycles. The minimum atomic E-state index is -1.10. The number of amides is 1. The molecule has 0 bridgehead atoms. The second-order valence-electron chi connectivity index (χ2n) is 5.48. The quantitative estimate of drug-likeness (QED) is 0.750. The van der Waals surface area contributed by atoms with E-state index in [2.05, 4.69) is 0 Å². The van der Waals surface area contributed by atoms with Crippen molar-refractivity contribution in [1.82, 2.24) is 4.90 Å². The van der Waals surface area contributed by atoms with Crippen molar-refractivity contribution in [2.24, 2.45) is 5.92 Å². The van der Waals surface area contributed by atoms with Crippen LogP contribution in [0.3, 0.4) is 0 Å². The predicted octanol–water partition coefficient (Wildman–Crippen LogP) is 0.870. The first-order valence-corrected chi connectivity index (χ1v) is 5.98. The summed E-state index contributed by atoms with van der Waals surface area (Å²) in [6.45, 7) is 6.38. The number of aliphatic carboxylic acids is 1. The lowest BCUT2D eigenvalue weighted by atomic mass is 10.1. The minimum Gasteiger partial charge on any atom is -0.481 e. The van der Waals surface area contributed by atoms with Crippen molar-refractivity contribution < 1.29 is 29.0 Å². The third-order valence-electron chi connectivity index (χ3n) is 2.55. The van der Waals surface area contributed by atoms with Crippen LogP contribution in [0.4, 0.5) is 4.79 Å². The van der Waals surface area contributed by atoms with Gasteiger partial charge in [0, 0.05) is 13.5 Å². The molecule has 1 amide bonds. The number of likely N-dealkylation sites (tertiary alicyclic amines) is 1. The number of ether oxygens (including phenoxy) is 2. The number of carbonyl (C=O) groups is 3. The van der Waals surface area contributed by atoms with Gasteiger partial charge in [-0.05, 0) is 20.8 Å². The van der Waals surface area contributed by atoms with Gasteiger partial charge < -0.3 is 19.5 Å². The topological polar surface area (TPSA) is 93.1 Å². The average Bonchev–Trinajstić information content (AvgIpc) is 2.57. The van der Waals surface area contributed by atoms with Crippen LogP contribution in [0.5, 0.6) is 0 Å². The molecule has 0 saturated carbocycles. The Morgan fingerprint density at radius 1 is 1.21 bits per heavy atom. The fourth-order valence-electron chi connectivity index (χ4n) is 1.82. The van der Waals surface area contributed by atoms with E-state index in [1.807, 2.05) is 0 Å². The molecule has 1 fully saturated rings. The van der Waals surface area contributed by atoms with Crippen LogP contribution >= 0.6 is 0 Å². The molecule has 0 aliphatic carbocycles. The van der Waals surface area contributed by atoms with Gasteiger partial charge in [-0.25, -0.2) is 4.79 Å². The summed E-state index contributed by atoms with van der Waals surface area (Å²) in [5, 5.41) is 9.06. The molecule has 0 aromatic rings. The van der Waals surface area contributed by atoms with E-state index in [1.165, 1.54) is 11.8 Å². The molecule has 1 aliphatic rings. The lowest BCUT2D eigenvalue weighted by molar-refractivity contribution is -0.153. The van der Waals surface area contributed by atoms with Gasteiger partial charge in [0.15, 0.2) is 0 Å². The molecule has 0 radical (unpaired) electrons. The summed E-state index contributed by atoms with van der Waals surface area (Å²) in [6, 6.07) is 0. The third kappa shape index (κ3) is 4.42. The van der Waals surface area contributed by atoms with Crippen LogP contribution in [0.25, 0.3) is 0 Å². The van der Waals surface area contributed by atoms with Crippen LogP contribution < -0.4 is 0 Å². The summed E-state index contributed by atoms with van der Waals surface area (Å²) in [6.07, 6.45) is -1.43. The van der Waals surface area contributed by atoms with Crippen molar-refractivity contribution in [3.05, 3.63) is 0 Å². The summed E-state index contributed by atoms with van der Waals surface area (Å²) in [5.74, 6) is -2.59. The van der Waals surface area contributed by atoms with E-state index >= 15 is 0 Å². The molecule has 1 aliphatic heterocycles. The summed E-state index contributed by atoms with van der Waals surface area (Å²) >= 11 is 0. The Labute approximate surface area is 111 Å². The zero-order valence-electron chi connectivity index (χ0n) is 11.5. The molecule has 1 rings (SSSR count). The molecule has 19 heavy (non-hydrogen) atoms. The van der Waals surface area contributed by atoms with Crippen LogP contribution in [-0.2, 0) is 19.1 Å². The average molecular weight is 273 g/mol. The number of esters is 1. The monoisotopic (exact) mass is 273 g/mol. The molecule has 0 unspecified atom stereocenters. The van der Waals surface area contributed by atoms with Gasteiger partial charge in [0.05, 0.1) is 6.54 Å². The second kappa shape index (κ2) is 5.46. The van der Waals surface area contributed by atoms with Gasteiger partial charge in [0.1, 0.15) is 17.6 Å². The van der Waals surface area contributed by atoms with Gasteiger partial charge in [-0.2, -0.15) is 0 Å². The van der Waals surface area contributed by atoms with E-state index in [1.54, 1.807) is 20.8 Å². The Morgan fingerprint density at radius 2 is 1.79 bits per heavy atom. The number of hydrogen-bond acceptors (Lipinski definition) is 5. The molecule has 1 N–H and O–H groups in total. The standard InChI is InChI=1S/C12H19NO6/c1-7(14)18-9-6-13(5-8(9)10(15)16)11(17)19-12(2,3)4/h8-9H,5-6H2,1-4H3,(H,15,16)/t8-,9-/m0/s1. The first-order chi connectivity index (χ1) is 8.60. The van der Waals surface area contributed by atoms with E-state index in [9.17, 15) is 14.4 Å². The van der Waals surface area contributed by atoms with Crippen molar-refractivity contribution >= 4 is 18.0 Å². The Kier molecular flexibility index (Phi) is 4.39. The number of carbonyl (C=O) groups excluding carboxylic acids is 2. The highest BCUT2D eigenvalue weighted by Crippen LogP contribution is 2.22. The normalized spacial score (nSPS) is 23.1. The van der Waals surface area contributed by atoms with E-state index in [0.29, 0.717) is 0 Å². The number of carboxylic acid groups (broad SMARTS) is 1. The van der Waals surface area contributed by atoms with Crippen LogP contribution in [0, 0.1) is 5.92 Å². The van der Waals surface area contributed by atoms with Crippen molar-refractivity contribution in [2.75, 3.05) is 13.1 Å². The molecular formula is C12H19NO6. The summed E-state index contributed by atoms with van der Waals surface area (Å²) < 4.78 is 10.1. The van der Waals surface area contributed by atoms with Crippen LogP contribution in [0.1, 0.15) is 27.7 Å². The largest absolute Gasteiger partial charge is 0.481 e. The predicted molar refractivity (Wildman–Crippen MR) is 64.5 cm³/mol. The first-order valence-electron chi connectivity index (χ1n) is 5.98. The molecule has 1 heterocycles. The smallest absolute Gasteiger partial charge is 0.410 e. The molecule has 0 spiro atoms. The number of nitrogens with zero attached hydrogens (tertiary/aromatic N) is 1. The zero-order valence-corrected chi connectivity index (χ0v) is 11.5. The number of hydrogen-bond donors (Lipinski definition) is 1. The highest BCUT2D eigenvalue weighted by molar-refractivity contribution is 5.76. The molecular weight excluding hydrogens is 254 g/mol. The maximum absolute atomic E-state index is 11.8. The van der Waals surface area contributed by atoms with Crippen molar-refractivity contribution in [2.45, 2.75) is 39.4 Å². The zero-order chi connectivity index (χ0) is 14.8. The van der Waals surface area contributed by atoms with Crippen molar-refractivity contribution in [3.8, 4) is 0 Å². The maximum Gasteiger partial charge on any atom is 0.410 e. The fourth-order valence-corrected chi connectivity index (χ4v) is 1.82. The molecule has 0 aromatic carbocycles. The van der Waals surface area contributed by atoms with Crippen LogP contribution in [0.2, 0.25) is 0 Å². The van der Waals surface area contributed by atoms with Gasteiger partial charge in [-0.3, -0.25) is 9.59 Å². The van der Waals surface area contributed by atoms with E-state index in [4.69, 9.17) is 14.6 Å². The van der Waals surface area contributed by atoms with Gasteiger partial charge in [-0.15, -0.1) is 0 Å². The lowest BCUT2D eigenvalue weighted by Crippen LogP contribution is -2.36. The minimum absolute atomic E-state index is 0.0256. The lowest BCUT2D eigenvalue weighted by Gasteiger charge is -2.24. The van der Waals surface area contributed by atoms with Crippen LogP contribution in [-0.4, -0.2) is 52.8 Å². The number of rotatable bonds is 2. The van der Waals surface area contributed by atoms with E-state index in [-0.39, 0.29) is 13.1 Å². The maximum atomic E-state index is 11.8. The summed E-state index contributed by atoms with van der Waals surface area (Å²) in [4.78, 5) is 35.1. The Bertz CT molecular complexity index is 386. The molecule has 7 heteroatoms. The second-order valence-corrected chi connectivity index (χ2v) is 5.48. The van der Waals surface area contributed by atoms with Gasteiger partial charge in [0.2, 0.25) is 0 Å². The van der Waals surface area contributed by atoms with Gasteiger partial charge >= 0.3 is 18.0 Å². The van der Waals surface area contributed by atoms with Gasteiger partial charge in [-0.1, -0.05) is 0 Å². The summed E-state index contributed by atoms with van der Waals surface area (Å²) in [7, 11) is 0. The molecule has 2 atom stereocenters. The first kappa shape index (κ1) is 15.3. The Balaban J connectivity index is 2.72. The summed E-state index contributed by atoms with van der Waals surface area (Å²) in [5.41, 5.74) is -0.657. The SMILES string of the molecule is CC(=O)O[C@H]1CN(C(=O)OC(C)(C)C)C[C@@H]1C(=O)O. The molecule has 1 saturated heterocycles. The highest BCUT2D eigenvalue weighted by Gasteiger charge is 2.43. The highest BCUT2D eigenvalue weighted by atomic mass is 16.6. The van der Waals surface area contributed by atoms with E-state index < -0.39 is 35.7 Å². The fraction of sp³-hybridized carbons (Fsp3) is 0.750. The van der Waals surface area contributed by atoms with Crippen LogP contribution in [0.15, 0.2) is 0 Å². The third-order valence-corrected chi connectivity index (χ3v) is 2.55. The molecule has 108 valence electrons. The Morgan fingerprint density at radius 3 is 2.21 bits per heavy atom. The number of carboxylic acids is 1. The van der Waals surface area contributed by atoms with Crippen molar-refractivity contribution in [1.29, 1.82) is 0 Å². The Hall–Kier alpha value is -1.79. The molecule has 7 nitrogen and oxygen atoms in total. The van der Waals surface area contributed by atoms with Gasteiger partial charge in [0.25, 0.3) is 0 Å².